The molecule has 0 radical (unpaired) electrons. The van der Waals surface area contributed by atoms with Crippen molar-refractivity contribution in [1.82, 2.24) is 0 Å². The van der Waals surface area contributed by atoms with Gasteiger partial charge in [-0.05, 0) is 52.4 Å². The Morgan fingerprint density at radius 3 is 1.31 bits per heavy atom. The summed E-state index contributed by atoms with van der Waals surface area (Å²) in [6.07, 6.45) is 19.6. The molecule has 0 saturated heterocycles. The van der Waals surface area contributed by atoms with E-state index in [1.54, 1.807) is 0 Å². The lowest BCUT2D eigenvalue weighted by molar-refractivity contribution is 0.869. The summed E-state index contributed by atoms with van der Waals surface area (Å²) in [7, 11) is 0. The number of hydrogen-bond donors (Lipinski definition) is 0. The second-order valence-electron chi connectivity index (χ2n) is 3.58. The molecule has 0 fully saturated rings. The van der Waals surface area contributed by atoms with E-state index in [9.17, 15) is 0 Å². The zero-order chi connectivity index (χ0) is 12.5. The Hall–Kier alpha value is -1.04. The first kappa shape index (κ1) is 17.4. The van der Waals surface area contributed by atoms with Crippen molar-refractivity contribution >= 4 is 0 Å². The van der Waals surface area contributed by atoms with Gasteiger partial charge in [0.05, 0.1) is 0 Å². The summed E-state index contributed by atoms with van der Waals surface area (Å²) in [6, 6.07) is 0. The van der Waals surface area contributed by atoms with Gasteiger partial charge in [-0.15, -0.1) is 13.2 Å². The lowest BCUT2D eigenvalue weighted by atomic mass is 10.2. The fourth-order valence-corrected chi connectivity index (χ4v) is 1.09. The molecule has 0 amide bonds. The number of rotatable bonds is 8. The maximum Gasteiger partial charge on any atom is -0.0348 e. The molecule has 0 aliphatic carbocycles. The highest BCUT2D eigenvalue weighted by atomic mass is 13.8. The van der Waals surface area contributed by atoms with E-state index in [0.29, 0.717) is 0 Å². The molecule has 92 valence electrons. The molecular formula is C16H28. The Bertz CT molecular complexity index is 162. The van der Waals surface area contributed by atoms with Gasteiger partial charge in [0.25, 0.3) is 0 Å². The number of unbranched alkanes of at least 4 members (excludes halogenated alkanes) is 4. The molecule has 0 aliphatic rings. The van der Waals surface area contributed by atoms with Crippen LogP contribution in [-0.4, -0.2) is 0 Å². The fraction of sp³-hybridized carbons (Fsp3) is 0.500. The lowest BCUT2D eigenvalue weighted by Gasteiger charge is -1.85. The van der Waals surface area contributed by atoms with E-state index in [1.807, 2.05) is 26.0 Å². The Kier molecular flexibility index (Phi) is 21.2. The predicted molar refractivity (Wildman–Crippen MR) is 77.7 cm³/mol. The Morgan fingerprint density at radius 1 is 0.688 bits per heavy atom. The van der Waals surface area contributed by atoms with Crippen LogP contribution in [0.15, 0.2) is 49.6 Å². The van der Waals surface area contributed by atoms with Gasteiger partial charge in [0.2, 0.25) is 0 Å². The minimum atomic E-state index is 1.14. The normalized spacial score (nSPS) is 10.1. The molecule has 0 spiro atoms. The molecule has 0 unspecified atom stereocenters. The molecular weight excluding hydrogens is 192 g/mol. The molecule has 0 aromatic rings. The van der Waals surface area contributed by atoms with Gasteiger partial charge in [-0.3, -0.25) is 0 Å². The lowest BCUT2D eigenvalue weighted by Crippen LogP contribution is -1.65. The van der Waals surface area contributed by atoms with Gasteiger partial charge in [-0.25, -0.2) is 0 Å². The van der Waals surface area contributed by atoms with Gasteiger partial charge < -0.3 is 0 Å². The smallest absolute Gasteiger partial charge is 0.0348 e. The average molecular weight is 220 g/mol. The van der Waals surface area contributed by atoms with Gasteiger partial charge in [0.15, 0.2) is 0 Å². The molecule has 0 bridgehead atoms. The largest absolute Gasteiger partial charge is 0.103 e. The number of hydrogen-bond acceptors (Lipinski definition) is 0. The van der Waals surface area contributed by atoms with Crippen molar-refractivity contribution in [2.24, 2.45) is 0 Å². The molecule has 0 rings (SSSR count). The van der Waals surface area contributed by atoms with E-state index >= 15 is 0 Å². The maximum absolute atomic E-state index is 3.63. The van der Waals surface area contributed by atoms with Crippen LogP contribution in [0.2, 0.25) is 0 Å². The minimum absolute atomic E-state index is 1.14. The standard InChI is InChI=1S/2C8H14/c2*1-3-5-7-8-6-4-2/h2*3-4,6H,1,5,7-8H2,2H3. The van der Waals surface area contributed by atoms with Gasteiger partial charge in [0.1, 0.15) is 0 Å². The highest BCUT2D eigenvalue weighted by Gasteiger charge is 1.76. The predicted octanol–water partition coefficient (Wildman–Crippen LogP) is 5.84. The molecule has 0 nitrogen and oxygen atoms in total. The Balaban J connectivity index is 0. The van der Waals surface area contributed by atoms with E-state index in [1.165, 1.54) is 25.7 Å². The zero-order valence-electron chi connectivity index (χ0n) is 11.1. The van der Waals surface area contributed by atoms with Crippen LogP contribution in [0.3, 0.4) is 0 Å². The van der Waals surface area contributed by atoms with E-state index in [0.717, 1.165) is 12.8 Å². The van der Waals surface area contributed by atoms with Crippen LogP contribution in [0.4, 0.5) is 0 Å². The second-order valence-corrected chi connectivity index (χ2v) is 3.58. The maximum atomic E-state index is 3.63. The van der Waals surface area contributed by atoms with Gasteiger partial charge in [-0.1, -0.05) is 36.5 Å². The molecule has 0 heterocycles. The first-order chi connectivity index (χ1) is 7.83. The van der Waals surface area contributed by atoms with E-state index in [2.05, 4.69) is 37.5 Å². The summed E-state index contributed by atoms with van der Waals surface area (Å²) in [4.78, 5) is 0. The van der Waals surface area contributed by atoms with E-state index < -0.39 is 0 Å². The third-order valence-electron chi connectivity index (χ3n) is 2.03. The summed E-state index contributed by atoms with van der Waals surface area (Å²) in [5.74, 6) is 0. The summed E-state index contributed by atoms with van der Waals surface area (Å²) in [5.41, 5.74) is 0. The van der Waals surface area contributed by atoms with E-state index in [-0.39, 0.29) is 0 Å². The van der Waals surface area contributed by atoms with Crippen LogP contribution in [0.5, 0.6) is 0 Å². The van der Waals surface area contributed by atoms with Crippen molar-refractivity contribution < 1.29 is 0 Å². The Labute approximate surface area is 102 Å². The quantitative estimate of drug-likeness (QED) is 0.356. The van der Waals surface area contributed by atoms with Crippen molar-refractivity contribution in [3.63, 3.8) is 0 Å². The molecule has 0 atom stereocenters. The Morgan fingerprint density at radius 2 is 1.06 bits per heavy atom. The zero-order valence-corrected chi connectivity index (χ0v) is 11.1. The molecule has 0 aromatic heterocycles. The van der Waals surface area contributed by atoms with Crippen LogP contribution >= 0.6 is 0 Å². The van der Waals surface area contributed by atoms with Crippen molar-refractivity contribution in [3.05, 3.63) is 49.6 Å². The highest BCUT2D eigenvalue weighted by molar-refractivity contribution is 4.78. The van der Waals surface area contributed by atoms with Crippen molar-refractivity contribution in [2.45, 2.75) is 52.4 Å². The molecule has 0 aromatic carbocycles. The third kappa shape index (κ3) is 23.1. The molecule has 0 heteroatoms. The van der Waals surface area contributed by atoms with Crippen molar-refractivity contribution in [1.29, 1.82) is 0 Å². The first-order valence-electron chi connectivity index (χ1n) is 6.27. The van der Waals surface area contributed by atoms with Gasteiger partial charge in [0, 0.05) is 0 Å². The summed E-state index contributed by atoms with van der Waals surface area (Å²) >= 11 is 0. The topological polar surface area (TPSA) is 0 Å². The minimum Gasteiger partial charge on any atom is -0.103 e. The first-order valence-corrected chi connectivity index (χ1v) is 6.27. The second kappa shape index (κ2) is 19.5. The summed E-state index contributed by atoms with van der Waals surface area (Å²) in [5, 5.41) is 0. The van der Waals surface area contributed by atoms with Crippen LogP contribution in [0, 0.1) is 0 Å². The SMILES string of the molecule is C=CCCCC=CC.C=CCCCC=CC. The van der Waals surface area contributed by atoms with Crippen LogP contribution in [0.25, 0.3) is 0 Å². The van der Waals surface area contributed by atoms with E-state index in [4.69, 9.17) is 0 Å². The fourth-order valence-electron chi connectivity index (χ4n) is 1.09. The van der Waals surface area contributed by atoms with Crippen LogP contribution in [-0.2, 0) is 0 Å². The molecule has 0 saturated carbocycles. The summed E-state index contributed by atoms with van der Waals surface area (Å²) in [6.45, 7) is 11.4. The number of allylic oxidation sites excluding steroid dienone is 6. The average Bonchev–Trinajstić information content (AvgIpc) is 2.31. The van der Waals surface area contributed by atoms with Crippen LogP contribution < -0.4 is 0 Å². The molecule has 16 heavy (non-hydrogen) atoms. The van der Waals surface area contributed by atoms with Crippen molar-refractivity contribution in [3.8, 4) is 0 Å². The van der Waals surface area contributed by atoms with Crippen LogP contribution in [0.1, 0.15) is 52.4 Å². The monoisotopic (exact) mass is 220 g/mol. The summed E-state index contributed by atoms with van der Waals surface area (Å²) < 4.78 is 0. The molecule has 0 aliphatic heterocycles. The van der Waals surface area contributed by atoms with Crippen molar-refractivity contribution in [2.75, 3.05) is 0 Å². The van der Waals surface area contributed by atoms with Gasteiger partial charge >= 0.3 is 0 Å². The van der Waals surface area contributed by atoms with Gasteiger partial charge in [-0.2, -0.15) is 0 Å². The molecule has 0 N–H and O–H groups in total. The third-order valence-corrected chi connectivity index (χ3v) is 2.03. The highest BCUT2D eigenvalue weighted by Crippen LogP contribution is 1.96.